The number of hydrogen-bond donors (Lipinski definition) is 1. The lowest BCUT2D eigenvalue weighted by molar-refractivity contribution is 0.254. The van der Waals surface area contributed by atoms with Gasteiger partial charge in [0.15, 0.2) is 0 Å². The first-order chi connectivity index (χ1) is 9.11. The molecular weight excluding hydrogens is 239 g/mol. The molecule has 3 heteroatoms. The van der Waals surface area contributed by atoms with Gasteiger partial charge < -0.3 is 5.32 Å². The molecule has 1 aromatic rings. The summed E-state index contributed by atoms with van der Waals surface area (Å²) >= 11 is 0. The highest BCUT2D eigenvalue weighted by Crippen LogP contribution is 2.33. The first-order valence-corrected chi connectivity index (χ1v) is 7.08. The topological polar surface area (TPSA) is 35.8 Å². The zero-order chi connectivity index (χ0) is 13.8. The van der Waals surface area contributed by atoms with Crippen LogP contribution in [0.25, 0.3) is 0 Å². The Morgan fingerprint density at radius 3 is 2.74 bits per heavy atom. The van der Waals surface area contributed by atoms with E-state index in [1.54, 1.807) is 6.07 Å². The third-order valence-corrected chi connectivity index (χ3v) is 4.12. The fourth-order valence-electron chi connectivity index (χ4n) is 3.07. The molecule has 0 aromatic heterocycles. The van der Waals surface area contributed by atoms with Gasteiger partial charge in [-0.05, 0) is 42.9 Å². The van der Waals surface area contributed by atoms with Crippen molar-refractivity contribution in [1.29, 1.82) is 5.26 Å². The van der Waals surface area contributed by atoms with Gasteiger partial charge in [-0.25, -0.2) is 4.39 Å². The Labute approximate surface area is 114 Å². The zero-order valence-electron chi connectivity index (χ0n) is 11.6. The molecule has 0 radical (unpaired) electrons. The Kier molecular flexibility index (Phi) is 4.42. The van der Waals surface area contributed by atoms with Crippen LogP contribution in [-0.2, 0) is 0 Å². The summed E-state index contributed by atoms with van der Waals surface area (Å²) in [5.74, 6) is 0.903. The molecule has 1 fully saturated rings. The minimum absolute atomic E-state index is 0.355. The molecule has 0 heterocycles. The zero-order valence-corrected chi connectivity index (χ0v) is 11.6. The highest BCUT2D eigenvalue weighted by molar-refractivity contribution is 5.58. The predicted molar refractivity (Wildman–Crippen MR) is 75.3 cm³/mol. The van der Waals surface area contributed by atoms with Crippen molar-refractivity contribution in [1.82, 2.24) is 0 Å². The molecule has 0 spiro atoms. The van der Waals surface area contributed by atoms with Crippen molar-refractivity contribution in [2.75, 3.05) is 5.32 Å². The maximum absolute atomic E-state index is 13.1. The van der Waals surface area contributed by atoms with Crippen LogP contribution in [0.5, 0.6) is 0 Å². The standard InChI is InChI=1S/C16H21FN2/c1-11(2)14-5-3-4-6-16(14)19-15-8-7-13(17)9-12(15)10-18/h7-9,11,14,16,19H,3-6H2,1-2H3. The van der Waals surface area contributed by atoms with Crippen molar-refractivity contribution in [3.63, 3.8) is 0 Å². The van der Waals surface area contributed by atoms with Crippen molar-refractivity contribution >= 4 is 5.69 Å². The lowest BCUT2D eigenvalue weighted by Crippen LogP contribution is -2.35. The third kappa shape index (κ3) is 3.26. The smallest absolute Gasteiger partial charge is 0.124 e. The molecule has 1 saturated carbocycles. The molecule has 0 amide bonds. The molecule has 0 saturated heterocycles. The van der Waals surface area contributed by atoms with E-state index in [2.05, 4.69) is 25.2 Å². The van der Waals surface area contributed by atoms with E-state index in [1.807, 2.05) is 0 Å². The van der Waals surface area contributed by atoms with Gasteiger partial charge in [0.25, 0.3) is 0 Å². The Hall–Kier alpha value is -1.56. The second-order valence-electron chi connectivity index (χ2n) is 5.74. The fourth-order valence-corrected chi connectivity index (χ4v) is 3.07. The number of nitriles is 1. The van der Waals surface area contributed by atoms with Crippen molar-refractivity contribution in [2.24, 2.45) is 11.8 Å². The van der Waals surface area contributed by atoms with Crippen LogP contribution in [0, 0.1) is 29.0 Å². The molecule has 19 heavy (non-hydrogen) atoms. The van der Waals surface area contributed by atoms with E-state index >= 15 is 0 Å². The summed E-state index contributed by atoms with van der Waals surface area (Å²) in [4.78, 5) is 0. The summed E-state index contributed by atoms with van der Waals surface area (Å²) < 4.78 is 13.1. The number of nitrogens with one attached hydrogen (secondary N) is 1. The largest absolute Gasteiger partial charge is 0.381 e. The lowest BCUT2D eigenvalue weighted by atomic mass is 9.77. The highest BCUT2D eigenvalue weighted by atomic mass is 19.1. The van der Waals surface area contributed by atoms with E-state index in [1.165, 1.54) is 31.4 Å². The molecule has 2 nitrogen and oxygen atoms in total. The van der Waals surface area contributed by atoms with Gasteiger partial charge in [0.1, 0.15) is 11.9 Å². The third-order valence-electron chi connectivity index (χ3n) is 4.12. The van der Waals surface area contributed by atoms with E-state index in [9.17, 15) is 4.39 Å². The number of halogens is 1. The number of benzene rings is 1. The SMILES string of the molecule is CC(C)C1CCCCC1Nc1ccc(F)cc1C#N. The molecule has 2 rings (SSSR count). The number of nitrogens with zero attached hydrogens (tertiary/aromatic N) is 1. The van der Waals surface area contributed by atoms with Gasteiger partial charge in [0.05, 0.1) is 11.3 Å². The van der Waals surface area contributed by atoms with Crippen LogP contribution >= 0.6 is 0 Å². The van der Waals surface area contributed by atoms with Crippen molar-refractivity contribution < 1.29 is 4.39 Å². The Morgan fingerprint density at radius 1 is 1.32 bits per heavy atom. The minimum atomic E-state index is -0.355. The fraction of sp³-hybridized carbons (Fsp3) is 0.562. The van der Waals surface area contributed by atoms with Crippen molar-refractivity contribution in [3.05, 3.63) is 29.6 Å². The van der Waals surface area contributed by atoms with Gasteiger partial charge in [0, 0.05) is 6.04 Å². The summed E-state index contributed by atoms with van der Waals surface area (Å²) in [6.45, 7) is 4.50. The maximum Gasteiger partial charge on any atom is 0.124 e. The van der Waals surface area contributed by atoms with E-state index in [-0.39, 0.29) is 5.82 Å². The minimum Gasteiger partial charge on any atom is -0.381 e. The number of anilines is 1. The molecule has 0 bridgehead atoms. The Morgan fingerprint density at radius 2 is 2.05 bits per heavy atom. The van der Waals surface area contributed by atoms with Crippen LogP contribution < -0.4 is 5.32 Å². The first-order valence-electron chi connectivity index (χ1n) is 7.08. The summed E-state index contributed by atoms with van der Waals surface area (Å²) in [6, 6.07) is 6.86. The molecule has 0 aliphatic heterocycles. The van der Waals surface area contributed by atoms with Crippen molar-refractivity contribution in [2.45, 2.75) is 45.6 Å². The quantitative estimate of drug-likeness (QED) is 0.878. The summed E-state index contributed by atoms with van der Waals surface area (Å²) in [7, 11) is 0. The summed E-state index contributed by atoms with van der Waals surface area (Å²) in [5.41, 5.74) is 1.16. The van der Waals surface area contributed by atoms with Crippen LogP contribution in [0.3, 0.4) is 0 Å². The second-order valence-corrected chi connectivity index (χ2v) is 5.74. The molecule has 1 aromatic carbocycles. The monoisotopic (exact) mass is 260 g/mol. The molecule has 2 unspecified atom stereocenters. The van der Waals surface area contributed by atoms with Crippen molar-refractivity contribution in [3.8, 4) is 6.07 Å². The molecule has 1 N–H and O–H groups in total. The predicted octanol–water partition coefficient (Wildman–Crippen LogP) is 4.32. The maximum atomic E-state index is 13.1. The van der Waals surface area contributed by atoms with Crippen LogP contribution in [-0.4, -0.2) is 6.04 Å². The van der Waals surface area contributed by atoms with Gasteiger partial charge in [-0.3, -0.25) is 0 Å². The summed E-state index contributed by atoms with van der Waals surface area (Å²) in [6.07, 6.45) is 4.88. The highest BCUT2D eigenvalue weighted by Gasteiger charge is 2.27. The molecule has 102 valence electrons. The van der Waals surface area contributed by atoms with Gasteiger partial charge in [0.2, 0.25) is 0 Å². The van der Waals surface area contributed by atoms with Gasteiger partial charge in [-0.2, -0.15) is 5.26 Å². The Bertz CT molecular complexity index is 476. The second kappa shape index (κ2) is 6.06. The van der Waals surface area contributed by atoms with E-state index in [4.69, 9.17) is 5.26 Å². The first kappa shape index (κ1) is 13.9. The van der Waals surface area contributed by atoms with Crippen LogP contribution in [0.4, 0.5) is 10.1 Å². The van der Waals surface area contributed by atoms with Gasteiger partial charge >= 0.3 is 0 Å². The van der Waals surface area contributed by atoms with E-state index in [0.29, 0.717) is 23.4 Å². The molecular formula is C16H21FN2. The normalized spacial score (nSPS) is 23.1. The van der Waals surface area contributed by atoms with Crippen LogP contribution in [0.2, 0.25) is 0 Å². The van der Waals surface area contributed by atoms with E-state index < -0.39 is 0 Å². The lowest BCUT2D eigenvalue weighted by Gasteiger charge is -2.35. The van der Waals surface area contributed by atoms with Gasteiger partial charge in [-0.15, -0.1) is 0 Å². The van der Waals surface area contributed by atoms with E-state index in [0.717, 1.165) is 12.1 Å². The molecule has 1 aliphatic rings. The average molecular weight is 260 g/mol. The molecule has 2 atom stereocenters. The van der Waals surface area contributed by atoms with Gasteiger partial charge in [-0.1, -0.05) is 26.7 Å². The number of hydrogen-bond acceptors (Lipinski definition) is 2. The van der Waals surface area contributed by atoms with Crippen LogP contribution in [0.1, 0.15) is 45.1 Å². The average Bonchev–Trinajstić information content (AvgIpc) is 2.41. The van der Waals surface area contributed by atoms with Crippen LogP contribution in [0.15, 0.2) is 18.2 Å². The molecule has 1 aliphatic carbocycles. The Balaban J connectivity index is 2.17. The number of rotatable bonds is 3. The summed E-state index contributed by atoms with van der Waals surface area (Å²) in [5, 5.41) is 12.6.